The van der Waals surface area contributed by atoms with E-state index in [1.807, 2.05) is 47.3 Å². The van der Waals surface area contributed by atoms with E-state index in [9.17, 15) is 4.79 Å². The Kier molecular flexibility index (Phi) is 6.48. The molecule has 1 fully saturated rings. The first-order valence-electron chi connectivity index (χ1n) is 13.6. The van der Waals surface area contributed by atoms with Gasteiger partial charge < -0.3 is 18.9 Å². The van der Waals surface area contributed by atoms with Crippen LogP contribution in [-0.4, -0.2) is 41.9 Å². The normalized spacial score (nSPS) is 16.1. The number of aromatic amines is 1. The second-order valence-electron chi connectivity index (χ2n) is 10.4. The molecule has 0 spiro atoms. The highest BCUT2D eigenvalue weighted by atomic mass is 16.7. The van der Waals surface area contributed by atoms with Crippen molar-refractivity contribution in [3.63, 3.8) is 0 Å². The van der Waals surface area contributed by atoms with Crippen molar-refractivity contribution in [2.75, 3.05) is 6.79 Å². The van der Waals surface area contributed by atoms with E-state index < -0.39 is 6.04 Å². The van der Waals surface area contributed by atoms with Gasteiger partial charge in [-0.25, -0.2) is 4.68 Å². The Morgan fingerprint density at radius 1 is 1.05 bits per heavy atom. The van der Waals surface area contributed by atoms with Crippen LogP contribution in [0.15, 0.2) is 70.3 Å². The summed E-state index contributed by atoms with van der Waals surface area (Å²) in [6.45, 7) is 1.08. The zero-order valence-corrected chi connectivity index (χ0v) is 21.9. The van der Waals surface area contributed by atoms with E-state index in [4.69, 9.17) is 13.9 Å². The third-order valence-corrected chi connectivity index (χ3v) is 7.76. The highest BCUT2D eigenvalue weighted by Gasteiger charge is 2.34. The van der Waals surface area contributed by atoms with Crippen LogP contribution < -0.4 is 15.0 Å². The lowest BCUT2D eigenvalue weighted by Crippen LogP contribution is -2.35. The molecule has 1 aromatic carbocycles. The van der Waals surface area contributed by atoms with Gasteiger partial charge in [0.05, 0.1) is 24.4 Å². The molecule has 1 N–H and O–H groups in total. The molecule has 1 saturated carbocycles. The van der Waals surface area contributed by atoms with Crippen molar-refractivity contribution >= 4 is 10.9 Å². The predicted octanol–water partition coefficient (Wildman–Crippen LogP) is 4.53. The molecule has 0 amide bonds. The van der Waals surface area contributed by atoms with Crippen molar-refractivity contribution < 1.29 is 13.9 Å². The first kappa shape index (κ1) is 24.5. The fourth-order valence-corrected chi connectivity index (χ4v) is 5.85. The number of nitrogens with one attached hydrogen (secondary N) is 1. The first-order chi connectivity index (χ1) is 19.7. The topological polar surface area (TPSA) is 124 Å². The van der Waals surface area contributed by atoms with Crippen molar-refractivity contribution in [3.8, 4) is 11.5 Å². The summed E-state index contributed by atoms with van der Waals surface area (Å²) in [5, 5.41) is 14.0. The minimum absolute atomic E-state index is 0.156. The van der Waals surface area contributed by atoms with E-state index in [2.05, 4.69) is 30.4 Å². The van der Waals surface area contributed by atoms with Crippen molar-refractivity contribution in [1.82, 2.24) is 35.1 Å². The van der Waals surface area contributed by atoms with Gasteiger partial charge >= 0.3 is 0 Å². The van der Waals surface area contributed by atoms with Gasteiger partial charge in [0.1, 0.15) is 11.8 Å². The van der Waals surface area contributed by atoms with Gasteiger partial charge in [-0.05, 0) is 59.2 Å². The van der Waals surface area contributed by atoms with E-state index in [1.54, 1.807) is 18.5 Å². The monoisotopic (exact) mass is 539 g/mol. The Balaban J connectivity index is 1.40. The standard InChI is InChI=1S/C29H29N7O4/c37-29-23(12-20-13-25-26(40-18-39-25)14-24(20)31-29)27(28-32-33-34-36(28)21-7-2-1-3-8-21)35(17-22-9-5-11-38-22)16-19-6-4-10-30-15-19/h4-6,9-15,21,27H,1-3,7-8,16-18H2,(H,31,37). The number of hydrogen-bond donors (Lipinski definition) is 1. The smallest absolute Gasteiger partial charge is 0.253 e. The molecule has 0 radical (unpaired) electrons. The van der Waals surface area contributed by atoms with Crippen LogP contribution in [0.5, 0.6) is 11.5 Å². The Morgan fingerprint density at radius 2 is 1.93 bits per heavy atom. The molecule has 1 aliphatic carbocycles. The zero-order chi connectivity index (χ0) is 26.9. The average molecular weight is 540 g/mol. The quantitative estimate of drug-likeness (QED) is 0.303. The molecular formula is C29H29N7O4. The number of furan rings is 1. The molecule has 11 nitrogen and oxygen atoms in total. The second kappa shape index (κ2) is 10.6. The Bertz CT molecular complexity index is 1660. The maximum atomic E-state index is 13.8. The largest absolute Gasteiger partial charge is 0.468 e. The number of nitrogens with zero attached hydrogens (tertiary/aromatic N) is 6. The number of pyridine rings is 2. The van der Waals surface area contributed by atoms with Gasteiger partial charge in [-0.15, -0.1) is 5.10 Å². The molecule has 0 bridgehead atoms. The molecule has 1 unspecified atom stereocenters. The SMILES string of the molecule is O=c1[nH]c2cc3c(cc2cc1C(c1nnnn1C1CCCCC1)N(Cc1cccnc1)Cc1ccco1)OCO3. The minimum Gasteiger partial charge on any atom is -0.468 e. The maximum Gasteiger partial charge on any atom is 0.253 e. The van der Waals surface area contributed by atoms with Crippen LogP contribution >= 0.6 is 0 Å². The van der Waals surface area contributed by atoms with Crippen LogP contribution in [0.1, 0.15) is 66.9 Å². The van der Waals surface area contributed by atoms with Gasteiger partial charge in [0.25, 0.3) is 5.56 Å². The van der Waals surface area contributed by atoms with Gasteiger partial charge in [-0.2, -0.15) is 0 Å². The predicted molar refractivity (Wildman–Crippen MR) is 145 cm³/mol. The van der Waals surface area contributed by atoms with Gasteiger partial charge in [0.15, 0.2) is 17.3 Å². The highest BCUT2D eigenvalue weighted by Crippen LogP contribution is 2.38. The van der Waals surface area contributed by atoms with Crippen LogP contribution in [0.25, 0.3) is 10.9 Å². The molecule has 1 atom stereocenters. The lowest BCUT2D eigenvalue weighted by Gasteiger charge is -2.32. The van der Waals surface area contributed by atoms with Crippen LogP contribution in [0.4, 0.5) is 0 Å². The molecule has 7 rings (SSSR count). The summed E-state index contributed by atoms with van der Waals surface area (Å²) in [5.41, 5.74) is 1.99. The zero-order valence-electron chi connectivity index (χ0n) is 21.9. The average Bonchev–Trinajstić information content (AvgIpc) is 3.76. The third-order valence-electron chi connectivity index (χ3n) is 7.76. The highest BCUT2D eigenvalue weighted by molar-refractivity contribution is 5.83. The van der Waals surface area contributed by atoms with Gasteiger partial charge in [-0.3, -0.25) is 14.7 Å². The van der Waals surface area contributed by atoms with E-state index in [1.165, 1.54) is 6.42 Å². The number of benzene rings is 1. The van der Waals surface area contributed by atoms with E-state index >= 15 is 0 Å². The maximum absolute atomic E-state index is 13.8. The van der Waals surface area contributed by atoms with E-state index in [0.717, 1.165) is 42.4 Å². The number of ether oxygens (including phenoxy) is 2. The van der Waals surface area contributed by atoms with Crippen LogP contribution in [0.2, 0.25) is 0 Å². The third kappa shape index (κ3) is 4.73. The van der Waals surface area contributed by atoms with Gasteiger partial charge in [-0.1, -0.05) is 25.3 Å². The number of hydrogen-bond acceptors (Lipinski definition) is 9. The lowest BCUT2D eigenvalue weighted by atomic mass is 9.95. The molecule has 0 saturated heterocycles. The second-order valence-corrected chi connectivity index (χ2v) is 10.4. The molecule has 11 heteroatoms. The minimum atomic E-state index is -0.569. The molecule has 2 aliphatic rings. The first-order valence-corrected chi connectivity index (χ1v) is 13.6. The fraction of sp³-hybridized carbons (Fsp3) is 0.345. The van der Waals surface area contributed by atoms with Gasteiger partial charge in [0.2, 0.25) is 6.79 Å². The Morgan fingerprint density at radius 3 is 2.73 bits per heavy atom. The molecule has 204 valence electrons. The lowest BCUT2D eigenvalue weighted by molar-refractivity contribution is 0.173. The molecular weight excluding hydrogens is 510 g/mol. The summed E-state index contributed by atoms with van der Waals surface area (Å²) in [6, 6.07) is 13.0. The Hall–Kier alpha value is -4.51. The van der Waals surface area contributed by atoms with Gasteiger partial charge in [0, 0.05) is 36.0 Å². The molecule has 4 aromatic heterocycles. The summed E-state index contributed by atoms with van der Waals surface area (Å²) in [5.74, 6) is 2.67. The van der Waals surface area contributed by atoms with Crippen LogP contribution in [-0.2, 0) is 13.1 Å². The fourth-order valence-electron chi connectivity index (χ4n) is 5.85. The summed E-state index contributed by atoms with van der Waals surface area (Å²) in [7, 11) is 0. The number of tetrazole rings is 1. The molecule has 1 aliphatic heterocycles. The van der Waals surface area contributed by atoms with Crippen molar-refractivity contribution in [3.05, 3.63) is 94.2 Å². The van der Waals surface area contributed by atoms with E-state index in [-0.39, 0.29) is 18.4 Å². The number of H-pyrrole nitrogens is 1. The summed E-state index contributed by atoms with van der Waals surface area (Å²) in [4.78, 5) is 23.4. The van der Waals surface area contributed by atoms with E-state index in [0.29, 0.717) is 41.5 Å². The summed E-state index contributed by atoms with van der Waals surface area (Å²) < 4.78 is 18.9. The Labute approximate surface area is 229 Å². The van der Waals surface area contributed by atoms with Crippen LogP contribution in [0.3, 0.4) is 0 Å². The van der Waals surface area contributed by atoms with Crippen LogP contribution in [0, 0.1) is 0 Å². The summed E-state index contributed by atoms with van der Waals surface area (Å²) in [6.07, 6.45) is 10.7. The molecule has 5 heterocycles. The molecule has 40 heavy (non-hydrogen) atoms. The number of rotatable bonds is 8. The number of aromatic nitrogens is 6. The van der Waals surface area contributed by atoms with Crippen molar-refractivity contribution in [1.29, 1.82) is 0 Å². The summed E-state index contributed by atoms with van der Waals surface area (Å²) >= 11 is 0. The number of fused-ring (bicyclic) bond motifs is 2. The molecule has 5 aromatic rings. The van der Waals surface area contributed by atoms with Crippen molar-refractivity contribution in [2.24, 2.45) is 0 Å². The van der Waals surface area contributed by atoms with Crippen molar-refractivity contribution in [2.45, 2.75) is 57.3 Å².